The van der Waals surface area contributed by atoms with E-state index in [1.54, 1.807) is 15.6 Å². The minimum atomic E-state index is -0.160. The normalized spacial score (nSPS) is 18.0. The molecule has 0 amide bonds. The molecule has 0 fully saturated rings. The number of allylic oxidation sites excluding steroid dienone is 1. The van der Waals surface area contributed by atoms with E-state index in [0.29, 0.717) is 41.8 Å². The second-order valence-corrected chi connectivity index (χ2v) is 10.1. The van der Waals surface area contributed by atoms with Gasteiger partial charge in [0.15, 0.2) is 11.5 Å². The standard InChI is InChI=1S/C27H29N7O2/c1-27(2)17-32(3)16-18-14-19(10-11-21(18)27)29-26-28-15-20-24(31-26)34-22-8-7-9-23(30-22)36-13-6-4-5-12-33(34)25(20)35/h4-5,7-11,14-15H,6,12-13,16-17H2,1-3H3,(H,28,29,31)/b5-4-. The molecule has 0 saturated carbocycles. The van der Waals surface area contributed by atoms with E-state index in [0.717, 1.165) is 25.2 Å². The number of benzene rings is 1. The summed E-state index contributed by atoms with van der Waals surface area (Å²) in [6.45, 7) is 7.41. The van der Waals surface area contributed by atoms with Gasteiger partial charge in [-0.25, -0.2) is 14.3 Å². The third-order valence-corrected chi connectivity index (χ3v) is 6.78. The van der Waals surface area contributed by atoms with Crippen LogP contribution >= 0.6 is 0 Å². The fourth-order valence-electron chi connectivity index (χ4n) is 5.31. The Balaban J connectivity index is 1.43. The highest BCUT2D eigenvalue weighted by atomic mass is 16.5. The van der Waals surface area contributed by atoms with Gasteiger partial charge in [0, 0.05) is 36.5 Å². The number of hydrogen-bond acceptors (Lipinski definition) is 7. The summed E-state index contributed by atoms with van der Waals surface area (Å²) in [7, 11) is 2.15. The number of fused-ring (bicyclic) bond motifs is 7. The molecule has 0 unspecified atom stereocenters. The Hall–Kier alpha value is -3.98. The highest BCUT2D eigenvalue weighted by Crippen LogP contribution is 2.34. The van der Waals surface area contributed by atoms with Crippen molar-refractivity contribution in [3.63, 3.8) is 0 Å². The SMILES string of the molecule is CN1Cc2cc(Nc3ncc4c(=O)n5n(c4n3)-c3cccc(n3)OCC/C=C\C5)ccc2C(C)(C)C1. The van der Waals surface area contributed by atoms with Gasteiger partial charge >= 0.3 is 0 Å². The Morgan fingerprint density at radius 1 is 1.11 bits per heavy atom. The fourth-order valence-corrected chi connectivity index (χ4v) is 5.31. The van der Waals surface area contributed by atoms with Crippen molar-refractivity contribution in [2.24, 2.45) is 0 Å². The van der Waals surface area contributed by atoms with Gasteiger partial charge in [0.1, 0.15) is 5.39 Å². The van der Waals surface area contributed by atoms with Crippen LogP contribution in [0, 0.1) is 0 Å². The number of rotatable bonds is 2. The van der Waals surface area contributed by atoms with Gasteiger partial charge in [-0.2, -0.15) is 9.97 Å². The van der Waals surface area contributed by atoms with Crippen molar-refractivity contribution in [3.8, 4) is 11.7 Å². The average Bonchev–Trinajstić information content (AvgIpc) is 3.10. The molecule has 2 bridgehead atoms. The lowest BCUT2D eigenvalue weighted by Gasteiger charge is -2.38. The number of nitrogens with zero attached hydrogens (tertiary/aromatic N) is 6. The van der Waals surface area contributed by atoms with E-state index in [1.807, 2.05) is 30.4 Å². The molecule has 4 aromatic rings. The molecule has 36 heavy (non-hydrogen) atoms. The highest BCUT2D eigenvalue weighted by molar-refractivity contribution is 5.77. The van der Waals surface area contributed by atoms with Gasteiger partial charge in [-0.15, -0.1) is 0 Å². The second kappa shape index (κ2) is 8.60. The number of anilines is 2. The molecule has 2 aliphatic heterocycles. The van der Waals surface area contributed by atoms with Gasteiger partial charge in [-0.3, -0.25) is 4.79 Å². The van der Waals surface area contributed by atoms with Gasteiger partial charge in [0.25, 0.3) is 5.56 Å². The lowest BCUT2D eigenvalue weighted by Crippen LogP contribution is -2.39. The van der Waals surface area contributed by atoms with Crippen LogP contribution in [0.2, 0.25) is 0 Å². The van der Waals surface area contributed by atoms with Gasteiger partial charge in [-0.1, -0.05) is 38.1 Å². The summed E-state index contributed by atoms with van der Waals surface area (Å²) < 4.78 is 9.15. The van der Waals surface area contributed by atoms with Crippen molar-refractivity contribution in [1.82, 2.24) is 29.2 Å². The summed E-state index contributed by atoms with van der Waals surface area (Å²) in [5.41, 5.74) is 4.00. The lowest BCUT2D eigenvalue weighted by atomic mass is 9.78. The van der Waals surface area contributed by atoms with E-state index in [9.17, 15) is 4.79 Å². The first-order valence-electron chi connectivity index (χ1n) is 12.2. The van der Waals surface area contributed by atoms with Gasteiger partial charge < -0.3 is 15.0 Å². The number of hydrogen-bond donors (Lipinski definition) is 1. The molecule has 0 saturated heterocycles. The molecular formula is C27H29N7O2. The molecule has 0 atom stereocenters. The maximum Gasteiger partial charge on any atom is 0.278 e. The number of ether oxygens (including phenoxy) is 1. The summed E-state index contributed by atoms with van der Waals surface area (Å²) >= 11 is 0. The first kappa shape index (κ1) is 22.5. The maximum atomic E-state index is 13.3. The summed E-state index contributed by atoms with van der Waals surface area (Å²) in [6, 6.07) is 12.0. The zero-order chi connectivity index (χ0) is 24.9. The molecule has 0 radical (unpaired) electrons. The Labute approximate surface area is 209 Å². The van der Waals surface area contributed by atoms with Crippen molar-refractivity contribution in [3.05, 3.63) is 76.2 Å². The Morgan fingerprint density at radius 2 is 2.00 bits per heavy atom. The molecule has 9 heteroatoms. The number of aromatic nitrogens is 5. The van der Waals surface area contributed by atoms with Crippen LogP contribution in [0.5, 0.6) is 5.88 Å². The molecule has 3 aromatic heterocycles. The Morgan fingerprint density at radius 3 is 2.89 bits per heavy atom. The molecule has 1 N–H and O–H groups in total. The van der Waals surface area contributed by atoms with Crippen molar-refractivity contribution in [2.45, 2.75) is 38.8 Å². The number of nitrogens with one attached hydrogen (secondary N) is 1. The molecule has 184 valence electrons. The van der Waals surface area contributed by atoms with Crippen LogP contribution in [-0.4, -0.2) is 49.4 Å². The number of pyridine rings is 1. The summed E-state index contributed by atoms with van der Waals surface area (Å²) in [5, 5.41) is 3.78. The van der Waals surface area contributed by atoms with Crippen LogP contribution < -0.4 is 15.6 Å². The average molecular weight is 484 g/mol. The van der Waals surface area contributed by atoms with Gasteiger partial charge in [0.05, 0.1) is 13.2 Å². The molecule has 2 aliphatic rings. The monoisotopic (exact) mass is 483 g/mol. The largest absolute Gasteiger partial charge is 0.477 e. The van der Waals surface area contributed by atoms with Gasteiger partial charge in [0.2, 0.25) is 11.8 Å². The first-order chi connectivity index (χ1) is 17.4. The van der Waals surface area contributed by atoms with E-state index in [4.69, 9.17) is 9.72 Å². The van der Waals surface area contributed by atoms with E-state index < -0.39 is 0 Å². The predicted molar refractivity (Wildman–Crippen MR) is 139 cm³/mol. The highest BCUT2D eigenvalue weighted by Gasteiger charge is 2.30. The minimum Gasteiger partial charge on any atom is -0.477 e. The first-order valence-corrected chi connectivity index (χ1v) is 12.2. The molecule has 0 aliphatic carbocycles. The molecule has 6 rings (SSSR count). The van der Waals surface area contributed by atoms with Crippen LogP contribution in [0.4, 0.5) is 11.6 Å². The Kier molecular flexibility index (Phi) is 5.37. The lowest BCUT2D eigenvalue weighted by molar-refractivity contribution is 0.236. The van der Waals surface area contributed by atoms with E-state index in [1.165, 1.54) is 11.1 Å². The predicted octanol–water partition coefficient (Wildman–Crippen LogP) is 3.78. The minimum absolute atomic E-state index is 0.0937. The molecule has 1 aromatic carbocycles. The third-order valence-electron chi connectivity index (χ3n) is 6.78. The summed E-state index contributed by atoms with van der Waals surface area (Å²) in [5.74, 6) is 1.50. The second-order valence-electron chi connectivity index (χ2n) is 10.1. The summed E-state index contributed by atoms with van der Waals surface area (Å²) in [4.78, 5) is 29.5. The number of likely N-dealkylation sites (N-methyl/N-ethyl adjacent to an activating group) is 1. The molecule has 9 nitrogen and oxygen atoms in total. The van der Waals surface area contributed by atoms with Crippen LogP contribution in [0.1, 0.15) is 31.4 Å². The van der Waals surface area contributed by atoms with E-state index >= 15 is 0 Å². The quantitative estimate of drug-likeness (QED) is 0.434. The van der Waals surface area contributed by atoms with Gasteiger partial charge in [-0.05, 0) is 42.8 Å². The fraction of sp³-hybridized carbons (Fsp3) is 0.333. The topological polar surface area (TPSA) is 90.1 Å². The van der Waals surface area contributed by atoms with E-state index in [2.05, 4.69) is 59.3 Å². The Bertz CT molecular complexity index is 1550. The zero-order valence-electron chi connectivity index (χ0n) is 20.7. The molecule has 5 heterocycles. The van der Waals surface area contributed by atoms with Crippen molar-refractivity contribution >= 4 is 22.7 Å². The van der Waals surface area contributed by atoms with Crippen molar-refractivity contribution in [2.75, 3.05) is 25.5 Å². The van der Waals surface area contributed by atoms with E-state index in [-0.39, 0.29) is 11.0 Å². The third kappa shape index (κ3) is 3.95. The molecule has 0 spiro atoms. The van der Waals surface area contributed by atoms with Crippen LogP contribution in [0.15, 0.2) is 59.5 Å². The van der Waals surface area contributed by atoms with Crippen LogP contribution in [0.25, 0.3) is 16.9 Å². The zero-order valence-corrected chi connectivity index (χ0v) is 20.7. The molecular weight excluding hydrogens is 454 g/mol. The van der Waals surface area contributed by atoms with Crippen LogP contribution in [0.3, 0.4) is 0 Å². The summed E-state index contributed by atoms with van der Waals surface area (Å²) in [6.07, 6.45) is 6.30. The van der Waals surface area contributed by atoms with Crippen LogP contribution in [-0.2, 0) is 18.5 Å². The smallest absolute Gasteiger partial charge is 0.278 e. The van der Waals surface area contributed by atoms with Crippen molar-refractivity contribution < 1.29 is 4.74 Å². The van der Waals surface area contributed by atoms with Crippen molar-refractivity contribution in [1.29, 1.82) is 0 Å². The maximum absolute atomic E-state index is 13.3.